The van der Waals surface area contributed by atoms with Crippen LogP contribution >= 0.6 is 15.9 Å². The maximum absolute atomic E-state index is 3.73. The molecule has 0 bridgehead atoms. The van der Waals surface area contributed by atoms with Crippen molar-refractivity contribution in [2.75, 3.05) is 4.90 Å². The van der Waals surface area contributed by atoms with E-state index < -0.39 is 0 Å². The fourth-order valence-corrected chi connectivity index (χ4v) is 5.59. The van der Waals surface area contributed by atoms with Crippen LogP contribution in [0.1, 0.15) is 25.0 Å². The monoisotopic (exact) mass is 515 g/mol. The van der Waals surface area contributed by atoms with Gasteiger partial charge in [0.2, 0.25) is 0 Å². The van der Waals surface area contributed by atoms with Crippen molar-refractivity contribution in [2.45, 2.75) is 19.3 Å². The van der Waals surface area contributed by atoms with Crippen LogP contribution < -0.4 is 4.90 Å². The third-order valence-corrected chi connectivity index (χ3v) is 7.62. The first-order valence-electron chi connectivity index (χ1n) is 12.0. The maximum Gasteiger partial charge on any atom is 0.0503 e. The van der Waals surface area contributed by atoms with Gasteiger partial charge in [-0.2, -0.15) is 0 Å². The lowest BCUT2D eigenvalue weighted by Gasteiger charge is -2.42. The van der Waals surface area contributed by atoms with E-state index in [4.69, 9.17) is 0 Å². The van der Waals surface area contributed by atoms with Gasteiger partial charge >= 0.3 is 0 Å². The van der Waals surface area contributed by atoms with E-state index in [-0.39, 0.29) is 5.41 Å². The quantitative estimate of drug-likeness (QED) is 0.231. The van der Waals surface area contributed by atoms with Crippen molar-refractivity contribution in [2.24, 2.45) is 0 Å². The smallest absolute Gasteiger partial charge is 0.0503 e. The Morgan fingerprint density at radius 3 is 1.63 bits per heavy atom. The molecular weight excluding hydrogens is 490 g/mol. The highest BCUT2D eigenvalue weighted by molar-refractivity contribution is 9.10. The first-order valence-corrected chi connectivity index (χ1v) is 12.8. The zero-order valence-corrected chi connectivity index (χ0v) is 21.5. The molecule has 0 amide bonds. The minimum Gasteiger partial charge on any atom is -0.310 e. The summed E-state index contributed by atoms with van der Waals surface area (Å²) in [4.78, 5) is 2.41. The molecule has 0 radical (unpaired) electrons. The second kappa shape index (κ2) is 8.55. The Kier molecular flexibility index (Phi) is 5.35. The summed E-state index contributed by atoms with van der Waals surface area (Å²) in [7, 11) is 0. The number of hydrogen-bond donors (Lipinski definition) is 0. The molecule has 1 aliphatic heterocycles. The molecule has 170 valence electrons. The predicted octanol–water partition coefficient (Wildman–Crippen LogP) is 9.89. The van der Waals surface area contributed by atoms with Crippen molar-refractivity contribution in [1.82, 2.24) is 0 Å². The third kappa shape index (κ3) is 3.79. The first kappa shape index (κ1) is 21.9. The second-order valence-electron chi connectivity index (χ2n) is 9.63. The van der Waals surface area contributed by atoms with Gasteiger partial charge in [0, 0.05) is 15.6 Å². The van der Waals surface area contributed by atoms with Crippen LogP contribution in [0, 0.1) is 0 Å². The molecule has 2 heteroatoms. The van der Waals surface area contributed by atoms with Crippen molar-refractivity contribution in [3.05, 3.63) is 137 Å². The first-order chi connectivity index (χ1) is 17.0. The average molecular weight is 516 g/mol. The summed E-state index contributed by atoms with van der Waals surface area (Å²) in [5.41, 5.74) is 11.1. The van der Waals surface area contributed by atoms with E-state index >= 15 is 0 Å². The fraction of sp³-hybridized carbons (Fsp3) is 0.0909. The largest absolute Gasteiger partial charge is 0.310 e. The van der Waals surface area contributed by atoms with Gasteiger partial charge in [0.1, 0.15) is 0 Å². The predicted molar refractivity (Wildman–Crippen MR) is 152 cm³/mol. The van der Waals surface area contributed by atoms with Crippen LogP contribution in [0.4, 0.5) is 17.1 Å². The number of benzene rings is 5. The van der Waals surface area contributed by atoms with Gasteiger partial charge in [-0.05, 0) is 75.8 Å². The second-order valence-corrected chi connectivity index (χ2v) is 10.5. The molecule has 0 aliphatic carbocycles. The van der Waals surface area contributed by atoms with Gasteiger partial charge in [-0.1, -0.05) is 109 Å². The van der Waals surface area contributed by atoms with Gasteiger partial charge in [-0.25, -0.2) is 0 Å². The Labute approximate surface area is 215 Å². The normalized spacial score (nSPS) is 13.7. The number of halogens is 1. The molecule has 0 saturated carbocycles. The molecule has 6 rings (SSSR count). The molecule has 5 aromatic rings. The molecule has 1 aliphatic rings. The molecule has 0 saturated heterocycles. The topological polar surface area (TPSA) is 3.24 Å². The molecule has 0 atom stereocenters. The van der Waals surface area contributed by atoms with Gasteiger partial charge in [0.05, 0.1) is 11.4 Å². The highest BCUT2D eigenvalue weighted by Gasteiger charge is 2.37. The summed E-state index contributed by atoms with van der Waals surface area (Å²) in [6.07, 6.45) is 0. The van der Waals surface area contributed by atoms with Gasteiger partial charge in [0.25, 0.3) is 0 Å². The molecule has 0 unspecified atom stereocenters. The van der Waals surface area contributed by atoms with Crippen molar-refractivity contribution in [1.29, 1.82) is 0 Å². The Bertz CT molecular complexity index is 1500. The highest BCUT2D eigenvalue weighted by atomic mass is 79.9. The number of nitrogens with zero attached hydrogens (tertiary/aromatic N) is 1. The zero-order chi connectivity index (χ0) is 24.0. The van der Waals surface area contributed by atoms with Crippen LogP contribution in [0.15, 0.2) is 126 Å². The Morgan fingerprint density at radius 1 is 0.514 bits per heavy atom. The Balaban J connectivity index is 1.53. The lowest BCUT2D eigenvalue weighted by Crippen LogP contribution is -2.30. The standard InChI is InChI=1S/C33H26BrN/c1-33(2)29-21-26(24-11-7-4-8-12-24)15-19-31(29)35(32-20-16-27(34)22-30(32)33)28-17-13-25(14-18-28)23-9-5-3-6-10-23/h3-22H,1-2H3. The van der Waals surface area contributed by atoms with Crippen LogP contribution in [0.5, 0.6) is 0 Å². The minimum absolute atomic E-state index is 0.139. The van der Waals surface area contributed by atoms with Gasteiger partial charge in [-0.3, -0.25) is 0 Å². The summed E-state index contributed by atoms with van der Waals surface area (Å²) >= 11 is 3.73. The van der Waals surface area contributed by atoms with Crippen LogP contribution in [0.2, 0.25) is 0 Å². The molecule has 0 spiro atoms. The molecular formula is C33H26BrN. The average Bonchev–Trinajstić information content (AvgIpc) is 2.90. The van der Waals surface area contributed by atoms with Crippen LogP contribution in [0.3, 0.4) is 0 Å². The summed E-state index contributed by atoms with van der Waals surface area (Å²) in [6, 6.07) is 43.7. The van der Waals surface area contributed by atoms with Crippen LogP contribution in [0.25, 0.3) is 22.3 Å². The highest BCUT2D eigenvalue weighted by Crippen LogP contribution is 2.53. The van der Waals surface area contributed by atoms with E-state index in [1.54, 1.807) is 0 Å². The molecule has 5 aromatic carbocycles. The molecule has 1 heterocycles. The number of fused-ring (bicyclic) bond motifs is 2. The van der Waals surface area contributed by atoms with E-state index in [1.807, 2.05) is 0 Å². The molecule has 1 nitrogen and oxygen atoms in total. The Morgan fingerprint density at radius 2 is 1.00 bits per heavy atom. The zero-order valence-electron chi connectivity index (χ0n) is 19.9. The van der Waals surface area contributed by atoms with Gasteiger partial charge < -0.3 is 4.90 Å². The minimum atomic E-state index is -0.139. The van der Waals surface area contributed by atoms with E-state index in [0.717, 1.165) is 10.2 Å². The van der Waals surface area contributed by atoms with E-state index in [1.165, 1.54) is 44.8 Å². The summed E-state index contributed by atoms with van der Waals surface area (Å²) in [5, 5.41) is 0. The summed E-state index contributed by atoms with van der Waals surface area (Å²) < 4.78 is 1.10. The van der Waals surface area contributed by atoms with Crippen LogP contribution in [-0.2, 0) is 5.41 Å². The number of hydrogen-bond acceptors (Lipinski definition) is 1. The lowest BCUT2D eigenvalue weighted by molar-refractivity contribution is 0.631. The van der Waals surface area contributed by atoms with E-state index in [2.05, 4.69) is 156 Å². The molecule has 0 N–H and O–H groups in total. The van der Waals surface area contributed by atoms with Crippen molar-refractivity contribution in [3.63, 3.8) is 0 Å². The van der Waals surface area contributed by atoms with E-state index in [0.29, 0.717) is 0 Å². The van der Waals surface area contributed by atoms with Gasteiger partial charge in [-0.15, -0.1) is 0 Å². The third-order valence-electron chi connectivity index (χ3n) is 7.12. The van der Waals surface area contributed by atoms with Gasteiger partial charge in [0.15, 0.2) is 0 Å². The summed E-state index contributed by atoms with van der Waals surface area (Å²) in [6.45, 7) is 4.67. The van der Waals surface area contributed by atoms with E-state index in [9.17, 15) is 0 Å². The van der Waals surface area contributed by atoms with Crippen molar-refractivity contribution >= 4 is 33.0 Å². The number of rotatable bonds is 3. The molecule has 0 fully saturated rings. The fourth-order valence-electron chi connectivity index (χ4n) is 5.23. The molecule has 35 heavy (non-hydrogen) atoms. The SMILES string of the molecule is CC1(C)c2cc(Br)ccc2N(c2ccc(-c3ccccc3)cc2)c2ccc(-c3ccccc3)cc21. The number of anilines is 3. The van der Waals surface area contributed by atoms with Crippen molar-refractivity contribution in [3.8, 4) is 22.3 Å². The maximum atomic E-state index is 3.73. The lowest BCUT2D eigenvalue weighted by atomic mass is 9.73. The summed E-state index contributed by atoms with van der Waals surface area (Å²) in [5.74, 6) is 0. The Hall–Kier alpha value is -3.62. The van der Waals surface area contributed by atoms with Crippen molar-refractivity contribution < 1.29 is 0 Å². The molecule has 0 aromatic heterocycles. The van der Waals surface area contributed by atoms with Crippen LogP contribution in [-0.4, -0.2) is 0 Å².